The number of halogens is 6. The van der Waals surface area contributed by atoms with Crippen molar-refractivity contribution in [3.05, 3.63) is 40.7 Å². The van der Waals surface area contributed by atoms with E-state index in [-0.39, 0.29) is 24.4 Å². The van der Waals surface area contributed by atoms with Crippen LogP contribution in [0.15, 0.2) is 29.6 Å². The molecular weight excluding hydrogens is 440 g/mol. The summed E-state index contributed by atoms with van der Waals surface area (Å²) in [5.74, 6) is -1.24. The third-order valence-corrected chi connectivity index (χ3v) is 3.85. The lowest BCUT2D eigenvalue weighted by molar-refractivity contribution is -0.149. The van der Waals surface area contributed by atoms with Gasteiger partial charge in [-0.25, -0.2) is 4.79 Å². The van der Waals surface area contributed by atoms with Gasteiger partial charge in [-0.15, -0.1) is 0 Å². The van der Waals surface area contributed by atoms with Crippen LogP contribution in [-0.4, -0.2) is 18.1 Å². The van der Waals surface area contributed by atoms with Crippen molar-refractivity contribution < 1.29 is 35.9 Å². The molecular formula is C21H25F6N3O2. The number of esters is 1. The molecule has 11 heteroatoms. The molecule has 2 N–H and O–H groups in total. The topological polar surface area (TPSA) is 74.1 Å². The predicted molar refractivity (Wildman–Crippen MR) is 106 cm³/mol. The van der Waals surface area contributed by atoms with Gasteiger partial charge >= 0.3 is 18.3 Å². The van der Waals surface area contributed by atoms with Crippen molar-refractivity contribution in [2.45, 2.75) is 59.0 Å². The number of ether oxygens (including phenoxy) is 1. The summed E-state index contributed by atoms with van der Waals surface area (Å²) in [4.78, 5) is 12.4. The largest absolute Gasteiger partial charge is 0.456 e. The molecule has 0 unspecified atom stereocenters. The predicted octanol–water partition coefficient (Wildman–Crippen LogP) is 5.85. The van der Waals surface area contributed by atoms with Gasteiger partial charge in [0.2, 0.25) is 0 Å². The number of anilines is 1. The summed E-state index contributed by atoms with van der Waals surface area (Å²) in [5.41, 5.74) is -5.27. The van der Waals surface area contributed by atoms with Crippen LogP contribution < -0.4 is 10.6 Å². The van der Waals surface area contributed by atoms with Crippen LogP contribution in [0, 0.1) is 17.2 Å². The minimum absolute atomic E-state index is 0.0141. The van der Waals surface area contributed by atoms with Crippen LogP contribution in [0.1, 0.15) is 52.2 Å². The molecule has 5 nitrogen and oxygen atoms in total. The molecule has 0 heterocycles. The van der Waals surface area contributed by atoms with Crippen molar-refractivity contribution in [1.29, 1.82) is 5.26 Å². The minimum atomic E-state index is -5.05. The van der Waals surface area contributed by atoms with Crippen molar-refractivity contribution >= 4 is 11.7 Å². The van der Waals surface area contributed by atoms with E-state index < -0.39 is 46.3 Å². The summed E-state index contributed by atoms with van der Waals surface area (Å²) in [7, 11) is 0. The highest BCUT2D eigenvalue weighted by molar-refractivity contribution is 5.94. The van der Waals surface area contributed by atoms with E-state index in [1.807, 2.05) is 13.8 Å². The Kier molecular flexibility index (Phi) is 8.60. The first-order chi connectivity index (χ1) is 14.4. The Morgan fingerprint density at radius 2 is 1.53 bits per heavy atom. The molecule has 0 aromatic heterocycles. The van der Waals surface area contributed by atoms with Crippen LogP contribution in [0.5, 0.6) is 0 Å². The van der Waals surface area contributed by atoms with Crippen molar-refractivity contribution in [3.8, 4) is 6.07 Å². The van der Waals surface area contributed by atoms with E-state index in [9.17, 15) is 36.4 Å². The van der Waals surface area contributed by atoms with Crippen LogP contribution in [0.3, 0.4) is 0 Å². The molecule has 1 rings (SSSR count). The Labute approximate surface area is 182 Å². The van der Waals surface area contributed by atoms with E-state index in [4.69, 9.17) is 4.74 Å². The maximum Gasteiger partial charge on any atom is 0.416 e. The fraction of sp³-hybridized carbons (Fsp3) is 0.524. The Morgan fingerprint density at radius 3 is 1.91 bits per heavy atom. The highest BCUT2D eigenvalue weighted by Gasteiger charge is 2.37. The lowest BCUT2D eigenvalue weighted by Gasteiger charge is -2.22. The molecule has 0 bridgehead atoms. The van der Waals surface area contributed by atoms with Crippen molar-refractivity contribution in [3.63, 3.8) is 0 Å². The molecule has 0 aliphatic carbocycles. The zero-order valence-electron chi connectivity index (χ0n) is 18.3. The summed E-state index contributed by atoms with van der Waals surface area (Å²) >= 11 is 0. The van der Waals surface area contributed by atoms with E-state index >= 15 is 0 Å². The van der Waals surface area contributed by atoms with Crippen molar-refractivity contribution in [2.75, 3.05) is 11.9 Å². The molecule has 0 saturated heterocycles. The zero-order chi connectivity index (χ0) is 24.9. The average Bonchev–Trinajstić information content (AvgIpc) is 2.58. The monoisotopic (exact) mass is 465 g/mol. The lowest BCUT2D eigenvalue weighted by atomic mass is 10.1. The van der Waals surface area contributed by atoms with Gasteiger partial charge in [0.05, 0.1) is 11.1 Å². The van der Waals surface area contributed by atoms with Crippen LogP contribution >= 0.6 is 0 Å². The summed E-state index contributed by atoms with van der Waals surface area (Å²) in [6.07, 6.45) is -9.54. The number of benzene rings is 1. The molecule has 0 radical (unpaired) electrons. The molecule has 32 heavy (non-hydrogen) atoms. The smallest absolute Gasteiger partial charge is 0.416 e. The van der Waals surface area contributed by atoms with Gasteiger partial charge in [0.15, 0.2) is 5.57 Å². The Morgan fingerprint density at radius 1 is 1.03 bits per heavy atom. The fourth-order valence-corrected chi connectivity index (χ4v) is 2.39. The second-order valence-electron chi connectivity index (χ2n) is 8.39. The van der Waals surface area contributed by atoms with Crippen LogP contribution in [-0.2, 0) is 21.9 Å². The van der Waals surface area contributed by atoms with Crippen molar-refractivity contribution in [2.24, 2.45) is 5.92 Å². The molecule has 0 fully saturated rings. The van der Waals surface area contributed by atoms with Gasteiger partial charge in [0, 0.05) is 12.2 Å². The van der Waals surface area contributed by atoms with Gasteiger partial charge in [0.25, 0.3) is 0 Å². The van der Waals surface area contributed by atoms with Crippen LogP contribution in [0.2, 0.25) is 0 Å². The number of nitrogens with one attached hydrogen (secondary N) is 2. The lowest BCUT2D eigenvalue weighted by Crippen LogP contribution is -2.30. The first-order valence-electron chi connectivity index (χ1n) is 9.62. The maximum atomic E-state index is 13.2. The Balaban J connectivity index is 3.52. The molecule has 0 aliphatic rings. The summed E-state index contributed by atoms with van der Waals surface area (Å²) < 4.78 is 84.1. The number of alkyl halides is 6. The number of carbonyl (C=O) groups excluding carboxylic acids is 1. The second kappa shape index (κ2) is 10.1. The normalized spacial score (nSPS) is 13.3. The molecule has 0 saturated carbocycles. The molecule has 0 aliphatic heterocycles. The van der Waals surface area contributed by atoms with E-state index in [1.165, 1.54) is 0 Å². The quantitative estimate of drug-likeness (QED) is 0.229. The minimum Gasteiger partial charge on any atom is -0.456 e. The SMILES string of the molecule is CC(C)CCN/C(Nc1cc(C(F)(F)F)cc(C(F)(F)F)c1)=C(/C#N)C(=O)OC(C)(C)C. The maximum absolute atomic E-state index is 13.2. The standard InChI is InChI=1S/C21H25F6N3O2/c1-12(2)6-7-29-17(16(11-28)18(31)32-19(3,4)5)30-15-9-13(20(22,23)24)8-14(10-15)21(25,26)27/h8-10,12,29-30H,6-7H2,1-5H3/b17-16+. The van der Waals surface area contributed by atoms with E-state index in [0.29, 0.717) is 18.6 Å². The summed E-state index contributed by atoms with van der Waals surface area (Å²) in [6.45, 7) is 8.60. The molecule has 0 amide bonds. The third-order valence-electron chi connectivity index (χ3n) is 3.85. The fourth-order valence-electron chi connectivity index (χ4n) is 2.39. The van der Waals surface area contributed by atoms with Crippen LogP contribution in [0.4, 0.5) is 32.0 Å². The molecule has 1 aromatic carbocycles. The Hall–Kier alpha value is -2.90. The van der Waals surface area contributed by atoms with Gasteiger partial charge in [-0.2, -0.15) is 31.6 Å². The van der Waals surface area contributed by atoms with Gasteiger partial charge in [-0.1, -0.05) is 13.8 Å². The van der Waals surface area contributed by atoms with Crippen LogP contribution in [0.25, 0.3) is 0 Å². The molecule has 1 aromatic rings. The number of carbonyl (C=O) groups is 1. The summed E-state index contributed by atoms with van der Waals surface area (Å²) in [5, 5.41) is 14.5. The number of rotatable bonds is 7. The molecule has 0 atom stereocenters. The summed E-state index contributed by atoms with van der Waals surface area (Å²) in [6, 6.07) is 2.52. The van der Waals surface area contributed by atoms with E-state index in [1.54, 1.807) is 26.8 Å². The third kappa shape index (κ3) is 8.69. The first-order valence-corrected chi connectivity index (χ1v) is 9.62. The second-order valence-corrected chi connectivity index (χ2v) is 8.39. The number of nitrogens with zero attached hydrogens (tertiary/aromatic N) is 1. The highest BCUT2D eigenvalue weighted by atomic mass is 19.4. The first kappa shape index (κ1) is 27.1. The zero-order valence-corrected chi connectivity index (χ0v) is 18.3. The van der Waals surface area contributed by atoms with Gasteiger partial charge in [-0.05, 0) is 51.3 Å². The number of nitriles is 1. The highest BCUT2D eigenvalue weighted by Crippen LogP contribution is 2.37. The van der Waals surface area contributed by atoms with E-state index in [0.717, 1.165) is 0 Å². The van der Waals surface area contributed by atoms with Crippen molar-refractivity contribution in [1.82, 2.24) is 5.32 Å². The van der Waals surface area contributed by atoms with Gasteiger partial charge in [-0.3, -0.25) is 0 Å². The number of hydrogen-bond donors (Lipinski definition) is 2. The number of hydrogen-bond acceptors (Lipinski definition) is 5. The Bertz CT molecular complexity index is 859. The molecule has 0 spiro atoms. The van der Waals surface area contributed by atoms with Gasteiger partial charge < -0.3 is 15.4 Å². The van der Waals surface area contributed by atoms with E-state index in [2.05, 4.69) is 10.6 Å². The molecule has 178 valence electrons. The van der Waals surface area contributed by atoms with Gasteiger partial charge in [0.1, 0.15) is 17.5 Å². The average molecular weight is 465 g/mol.